The van der Waals surface area contributed by atoms with Crippen molar-refractivity contribution in [1.82, 2.24) is 0 Å². The van der Waals surface area contributed by atoms with Gasteiger partial charge in [0.15, 0.2) is 0 Å². The van der Waals surface area contributed by atoms with Crippen molar-refractivity contribution >= 4 is 31.1 Å². The Balaban J connectivity index is 2.28. The van der Waals surface area contributed by atoms with E-state index in [0.717, 1.165) is 0 Å². The van der Waals surface area contributed by atoms with Crippen molar-refractivity contribution in [3.8, 4) is 0 Å². The first-order valence-electron chi connectivity index (χ1n) is 5.66. The number of nitrogens with one attached hydrogen (secondary N) is 1. The molecule has 104 valence electrons. The molecule has 0 amide bonds. The summed E-state index contributed by atoms with van der Waals surface area (Å²) < 4.78 is 43.1. The first-order chi connectivity index (χ1) is 8.88. The summed E-state index contributed by atoms with van der Waals surface area (Å²) in [6, 6.07) is 6.61. The van der Waals surface area contributed by atoms with E-state index in [0.29, 0.717) is 10.1 Å². The fraction of sp³-hybridized carbons (Fsp3) is 0.417. The van der Waals surface area contributed by atoms with Gasteiger partial charge in [0.2, 0.25) is 0 Å². The molecule has 0 radical (unpaired) electrons. The topological polar surface area (TPSA) is 38.3 Å². The molecule has 0 saturated carbocycles. The predicted molar refractivity (Wildman–Crippen MR) is 65.5 cm³/mol. The first-order valence-corrected chi connectivity index (χ1v) is 7.38. The van der Waals surface area contributed by atoms with Crippen LogP contribution in [-0.2, 0) is 9.53 Å². The zero-order chi connectivity index (χ0) is 14.1. The van der Waals surface area contributed by atoms with E-state index in [1.165, 1.54) is 0 Å². The monoisotopic (exact) mass is 339 g/mol. The van der Waals surface area contributed by atoms with Gasteiger partial charge in [-0.3, -0.25) is 0 Å². The number of hydrogen-bond donors (Lipinski definition) is 1. The van der Waals surface area contributed by atoms with Crippen molar-refractivity contribution in [3.05, 3.63) is 24.3 Å². The number of fused-ring (bicyclic) bond motifs is 1. The Morgan fingerprint density at radius 1 is 1.42 bits per heavy atom. The van der Waals surface area contributed by atoms with Crippen molar-refractivity contribution in [3.63, 3.8) is 0 Å². The van der Waals surface area contributed by atoms with E-state index in [1.807, 2.05) is 0 Å². The van der Waals surface area contributed by atoms with Crippen LogP contribution < -0.4 is 9.78 Å². The third-order valence-electron chi connectivity index (χ3n) is 2.66. The number of esters is 1. The van der Waals surface area contributed by atoms with Crippen LogP contribution in [0.5, 0.6) is 0 Å². The number of para-hydroxylation sites is 1. The maximum absolute atomic E-state index is 13.3. The van der Waals surface area contributed by atoms with Crippen LogP contribution in [0.15, 0.2) is 24.3 Å². The normalized spacial score (nSPS) is 21.7. The molecule has 1 heterocycles. The third kappa shape index (κ3) is 2.72. The zero-order valence-electron chi connectivity index (χ0n) is 10.1. The molecule has 19 heavy (non-hydrogen) atoms. The second-order valence-corrected chi connectivity index (χ2v) is 6.84. The van der Waals surface area contributed by atoms with E-state index in [4.69, 9.17) is 0 Å². The van der Waals surface area contributed by atoms with Gasteiger partial charge in [0.1, 0.15) is 0 Å². The van der Waals surface area contributed by atoms with Crippen LogP contribution in [0.2, 0.25) is 0 Å². The van der Waals surface area contributed by atoms with Gasteiger partial charge in [0, 0.05) is 0 Å². The number of ether oxygens (including phenoxy) is 1. The summed E-state index contributed by atoms with van der Waals surface area (Å²) in [5.74, 6) is -0.831. The molecule has 1 aliphatic heterocycles. The molecule has 0 saturated heterocycles. The number of carbonyl (C=O) groups excluding carboxylic acids is 1. The van der Waals surface area contributed by atoms with Crippen LogP contribution in [-0.4, -0.2) is 38.1 Å². The van der Waals surface area contributed by atoms with Crippen LogP contribution in [0, 0.1) is 0 Å². The Labute approximate surface area is 114 Å². The standard InChI is InChI=1S/C12H12F3NO2Se/c1-2-18-10(17)7-11(12(13,14)15)16-8-5-3-4-6-9(8)19-11/h3-6,16H,2,7H2,1H3. The van der Waals surface area contributed by atoms with Gasteiger partial charge in [-0.15, -0.1) is 0 Å². The summed E-state index contributed by atoms with van der Waals surface area (Å²) in [5.41, 5.74) is 0.448. The minimum atomic E-state index is -4.50. The Hall–Kier alpha value is -1.20. The summed E-state index contributed by atoms with van der Waals surface area (Å²) in [7, 11) is 0. The zero-order valence-corrected chi connectivity index (χ0v) is 11.8. The Morgan fingerprint density at radius 2 is 2.11 bits per heavy atom. The minimum absolute atomic E-state index is 0.0761. The number of benzene rings is 1. The summed E-state index contributed by atoms with van der Waals surface area (Å²) in [6.45, 7) is 1.65. The summed E-state index contributed by atoms with van der Waals surface area (Å²) in [6.07, 6.45) is -5.20. The molecular weight excluding hydrogens is 326 g/mol. The van der Waals surface area contributed by atoms with E-state index in [1.54, 1.807) is 31.2 Å². The van der Waals surface area contributed by atoms with E-state index in [2.05, 4.69) is 10.1 Å². The van der Waals surface area contributed by atoms with Crippen molar-refractivity contribution in [2.45, 2.75) is 24.0 Å². The molecule has 1 aromatic carbocycles. The number of carbonyl (C=O) groups is 1. The average molecular weight is 338 g/mol. The molecule has 0 spiro atoms. The predicted octanol–water partition coefficient (Wildman–Crippen LogP) is 1.65. The fourth-order valence-corrected chi connectivity index (χ4v) is 4.37. The second kappa shape index (κ2) is 5.06. The van der Waals surface area contributed by atoms with Crippen LogP contribution in [0.3, 0.4) is 0 Å². The summed E-state index contributed by atoms with van der Waals surface area (Å²) >= 11 is -0.908. The summed E-state index contributed by atoms with van der Waals surface area (Å²) in [4.78, 5) is 11.4. The molecule has 3 nitrogen and oxygen atoms in total. The molecule has 1 atom stereocenters. The number of hydrogen-bond acceptors (Lipinski definition) is 3. The van der Waals surface area contributed by atoms with Crippen LogP contribution in [0.25, 0.3) is 0 Å². The molecule has 0 bridgehead atoms. The Bertz CT molecular complexity index is 465. The molecule has 1 aromatic rings. The molecule has 0 fully saturated rings. The molecular formula is C12H12F3NO2Se. The van der Waals surface area contributed by atoms with Gasteiger partial charge in [0.05, 0.1) is 0 Å². The van der Waals surface area contributed by atoms with Gasteiger partial charge in [0.25, 0.3) is 0 Å². The van der Waals surface area contributed by atoms with Crippen molar-refractivity contribution in [2.75, 3.05) is 11.9 Å². The SMILES string of the molecule is CCOC(=O)CC1(C(F)(F)F)Nc2ccccc2[Se]1. The van der Waals surface area contributed by atoms with Gasteiger partial charge in [-0.25, -0.2) is 0 Å². The molecule has 7 heteroatoms. The quantitative estimate of drug-likeness (QED) is 0.673. The fourth-order valence-electron chi connectivity index (χ4n) is 1.81. The van der Waals surface area contributed by atoms with Crippen molar-refractivity contribution < 1.29 is 22.7 Å². The van der Waals surface area contributed by atoms with Crippen LogP contribution in [0.4, 0.5) is 18.9 Å². The first kappa shape index (κ1) is 14.2. The summed E-state index contributed by atoms with van der Waals surface area (Å²) in [5, 5.41) is 2.48. The van der Waals surface area contributed by atoms with Gasteiger partial charge >= 0.3 is 114 Å². The van der Waals surface area contributed by atoms with E-state index in [9.17, 15) is 18.0 Å². The molecule has 1 N–H and O–H groups in total. The maximum atomic E-state index is 13.3. The number of alkyl halides is 3. The van der Waals surface area contributed by atoms with Gasteiger partial charge in [-0.2, -0.15) is 0 Å². The van der Waals surface area contributed by atoms with Gasteiger partial charge in [-0.05, 0) is 0 Å². The van der Waals surface area contributed by atoms with Crippen molar-refractivity contribution in [1.29, 1.82) is 0 Å². The van der Waals surface area contributed by atoms with Crippen LogP contribution in [0.1, 0.15) is 13.3 Å². The van der Waals surface area contributed by atoms with Gasteiger partial charge in [-0.1, -0.05) is 0 Å². The number of anilines is 1. The van der Waals surface area contributed by atoms with E-state index >= 15 is 0 Å². The third-order valence-corrected chi connectivity index (χ3v) is 5.61. The van der Waals surface area contributed by atoms with Crippen LogP contribution >= 0.6 is 0 Å². The Morgan fingerprint density at radius 3 is 2.68 bits per heavy atom. The molecule has 1 unspecified atom stereocenters. The van der Waals surface area contributed by atoms with Crippen molar-refractivity contribution in [2.24, 2.45) is 0 Å². The molecule has 0 aliphatic carbocycles. The van der Waals surface area contributed by atoms with E-state index in [-0.39, 0.29) is 6.61 Å². The molecule has 1 aliphatic rings. The molecule has 2 rings (SSSR count). The number of rotatable bonds is 3. The molecule has 0 aromatic heterocycles. The number of halogens is 3. The average Bonchev–Trinajstić information content (AvgIpc) is 2.67. The van der Waals surface area contributed by atoms with Gasteiger partial charge < -0.3 is 0 Å². The Kier molecular flexibility index (Phi) is 3.78. The second-order valence-electron chi connectivity index (χ2n) is 4.03. The van der Waals surface area contributed by atoms with E-state index < -0.39 is 38.0 Å².